The van der Waals surface area contributed by atoms with E-state index in [0.717, 1.165) is 29.0 Å². The van der Waals surface area contributed by atoms with E-state index in [1.165, 1.54) is 12.1 Å². The first kappa shape index (κ1) is 41.7. The Balaban J connectivity index is 0.000000616. The maximum Gasteiger partial charge on any atom is 0.0569 e. The number of aryl methyl sites for hydroxylation is 1. The van der Waals surface area contributed by atoms with Gasteiger partial charge in [-0.25, -0.2) is 0 Å². The Kier molecular flexibility index (Phi) is 19.7. The summed E-state index contributed by atoms with van der Waals surface area (Å²) in [4.78, 5) is 8.13. The molecule has 0 aliphatic rings. The van der Waals surface area contributed by atoms with Crippen LogP contribution in [0.2, 0.25) is 0 Å². The van der Waals surface area contributed by atoms with E-state index >= 15 is 0 Å². The SMILES string of the molecule is CC(O)C(C(C)O)C(C(C)O)C(C)O.Cc1cc(F)c[c-]c1-c1ccccn1.Fc1c[c-]c(-c2ccccn2)c(F)c1.[Pt].[Pt]. The molecule has 11 heteroatoms. The molecular formula is C33H37F3N2O4Pt2-2. The average Bonchev–Trinajstić information content (AvgIpc) is 2.92. The Morgan fingerprint density at radius 1 is 0.614 bits per heavy atom. The number of aromatic nitrogens is 2. The molecule has 4 N–H and O–H groups in total. The largest absolute Gasteiger partial charge is 0.393 e. The maximum atomic E-state index is 13.2. The molecule has 0 aliphatic carbocycles. The summed E-state index contributed by atoms with van der Waals surface area (Å²) in [6.07, 6.45) is 0.222. The number of nitrogens with zero attached hydrogens (tertiary/aromatic N) is 2. The van der Waals surface area contributed by atoms with Crippen LogP contribution in [0.3, 0.4) is 0 Å². The first-order valence-corrected chi connectivity index (χ1v) is 13.4. The van der Waals surface area contributed by atoms with Crippen molar-refractivity contribution >= 4 is 0 Å². The van der Waals surface area contributed by atoms with Crippen LogP contribution in [0.1, 0.15) is 33.3 Å². The van der Waals surface area contributed by atoms with Crippen molar-refractivity contribution in [3.05, 3.63) is 108 Å². The van der Waals surface area contributed by atoms with E-state index in [4.69, 9.17) is 0 Å². The molecule has 4 rings (SSSR count). The van der Waals surface area contributed by atoms with E-state index in [9.17, 15) is 33.6 Å². The molecule has 2 heterocycles. The summed E-state index contributed by atoms with van der Waals surface area (Å²) in [5.41, 5.74) is 3.16. The van der Waals surface area contributed by atoms with Crippen LogP contribution >= 0.6 is 0 Å². The molecule has 4 aromatic rings. The van der Waals surface area contributed by atoms with Gasteiger partial charge in [0, 0.05) is 83.8 Å². The molecule has 0 aliphatic heterocycles. The number of benzene rings is 2. The molecule has 2 aromatic heterocycles. The van der Waals surface area contributed by atoms with Gasteiger partial charge in [0.2, 0.25) is 0 Å². The molecule has 0 bridgehead atoms. The molecule has 0 spiro atoms. The number of hydrogen-bond donors (Lipinski definition) is 4. The first-order valence-electron chi connectivity index (χ1n) is 13.4. The van der Waals surface area contributed by atoms with E-state index in [2.05, 4.69) is 22.1 Å². The van der Waals surface area contributed by atoms with Crippen LogP contribution < -0.4 is 0 Å². The fourth-order valence-corrected chi connectivity index (χ4v) is 4.61. The van der Waals surface area contributed by atoms with Crippen molar-refractivity contribution < 1.29 is 75.7 Å². The number of hydrogen-bond acceptors (Lipinski definition) is 6. The summed E-state index contributed by atoms with van der Waals surface area (Å²) in [5, 5.41) is 37.9. The second kappa shape index (κ2) is 20.7. The van der Waals surface area contributed by atoms with Gasteiger partial charge in [-0.1, -0.05) is 42.8 Å². The van der Waals surface area contributed by atoms with Crippen molar-refractivity contribution in [1.29, 1.82) is 0 Å². The summed E-state index contributed by atoms with van der Waals surface area (Å²) < 4.78 is 38.6. The van der Waals surface area contributed by atoms with Crippen molar-refractivity contribution in [1.82, 2.24) is 9.97 Å². The standard InChI is InChI=1S/C12H9FN.C11H6F2N.C10H22O4.2Pt/c1-9-8-10(13)5-6-11(9)12-4-2-3-7-14-12;12-8-4-5-9(10(13)7-8)11-3-1-2-6-14-11;1-5(11)9(6(2)12)10(7(3)13)8(4)14;;/h2-5,7-8H,1H3;1-4,6-7H;5-14H,1-4H3;;/q2*-1;;;. The van der Waals surface area contributed by atoms with Gasteiger partial charge in [0.05, 0.1) is 24.4 Å². The molecule has 0 radical (unpaired) electrons. The second-order valence-corrected chi connectivity index (χ2v) is 9.96. The quantitative estimate of drug-likeness (QED) is 0.181. The van der Waals surface area contributed by atoms with Crippen molar-refractivity contribution in [2.75, 3.05) is 0 Å². The zero-order valence-electron chi connectivity index (χ0n) is 24.8. The Morgan fingerprint density at radius 3 is 1.34 bits per heavy atom. The third-order valence-corrected chi connectivity index (χ3v) is 6.48. The zero-order valence-corrected chi connectivity index (χ0v) is 29.4. The van der Waals surface area contributed by atoms with Gasteiger partial charge in [-0.3, -0.25) is 13.2 Å². The Morgan fingerprint density at radius 2 is 1.00 bits per heavy atom. The Hall–Kier alpha value is -2.25. The summed E-state index contributed by atoms with van der Waals surface area (Å²) in [6.45, 7) is 8.05. The fraction of sp³-hybridized carbons (Fsp3) is 0.333. The minimum Gasteiger partial charge on any atom is -0.393 e. The van der Waals surface area contributed by atoms with E-state index in [-0.39, 0.29) is 53.5 Å². The van der Waals surface area contributed by atoms with Crippen molar-refractivity contribution in [2.45, 2.75) is 59.0 Å². The predicted octanol–water partition coefficient (Wildman–Crippen LogP) is 5.56. The van der Waals surface area contributed by atoms with Gasteiger partial charge in [-0.15, -0.1) is 41.5 Å². The number of halogens is 3. The van der Waals surface area contributed by atoms with Crippen LogP contribution in [0.15, 0.2) is 73.1 Å². The van der Waals surface area contributed by atoms with E-state index in [1.54, 1.807) is 58.3 Å². The summed E-state index contributed by atoms with van der Waals surface area (Å²) in [5.74, 6) is -2.59. The maximum absolute atomic E-state index is 13.2. The first-order chi connectivity index (χ1) is 19.8. The van der Waals surface area contributed by atoms with Crippen molar-refractivity contribution in [2.24, 2.45) is 11.8 Å². The van der Waals surface area contributed by atoms with Gasteiger partial charge >= 0.3 is 0 Å². The topological polar surface area (TPSA) is 107 Å². The summed E-state index contributed by atoms with van der Waals surface area (Å²) in [7, 11) is 0. The van der Waals surface area contributed by atoms with Crippen LogP contribution in [-0.4, -0.2) is 54.8 Å². The molecule has 246 valence electrons. The van der Waals surface area contributed by atoms with Gasteiger partial charge < -0.3 is 30.4 Å². The third-order valence-electron chi connectivity index (χ3n) is 6.48. The molecule has 44 heavy (non-hydrogen) atoms. The number of aliphatic hydroxyl groups is 4. The predicted molar refractivity (Wildman–Crippen MR) is 155 cm³/mol. The van der Waals surface area contributed by atoms with Gasteiger partial charge in [0.25, 0.3) is 0 Å². The minimum absolute atomic E-state index is 0. The monoisotopic (exact) mass is 972 g/mol. The summed E-state index contributed by atoms with van der Waals surface area (Å²) >= 11 is 0. The molecule has 0 fully saturated rings. The van der Waals surface area contributed by atoms with Crippen LogP contribution in [0, 0.1) is 48.3 Å². The van der Waals surface area contributed by atoms with Gasteiger partial charge in [-0.2, -0.15) is 0 Å². The molecule has 0 amide bonds. The van der Waals surface area contributed by atoms with Crippen molar-refractivity contribution in [3.63, 3.8) is 0 Å². The van der Waals surface area contributed by atoms with E-state index in [1.807, 2.05) is 25.1 Å². The van der Waals surface area contributed by atoms with Crippen LogP contribution in [0.4, 0.5) is 13.2 Å². The number of pyridine rings is 2. The number of rotatable bonds is 7. The molecule has 6 nitrogen and oxygen atoms in total. The average molecular weight is 973 g/mol. The molecule has 2 aromatic carbocycles. The van der Waals surface area contributed by atoms with E-state index < -0.39 is 47.9 Å². The molecule has 0 saturated carbocycles. The fourth-order valence-electron chi connectivity index (χ4n) is 4.61. The smallest absolute Gasteiger partial charge is 0.0569 e. The molecule has 0 saturated heterocycles. The summed E-state index contributed by atoms with van der Waals surface area (Å²) in [6, 6.07) is 20.9. The van der Waals surface area contributed by atoms with Crippen LogP contribution in [0.5, 0.6) is 0 Å². The van der Waals surface area contributed by atoms with Gasteiger partial charge in [0.15, 0.2) is 0 Å². The van der Waals surface area contributed by atoms with Crippen LogP contribution in [0.25, 0.3) is 22.5 Å². The molecule has 4 atom stereocenters. The molecular weight excluding hydrogens is 936 g/mol. The van der Waals surface area contributed by atoms with E-state index in [0.29, 0.717) is 5.69 Å². The van der Waals surface area contributed by atoms with Gasteiger partial charge in [-0.05, 0) is 51.2 Å². The van der Waals surface area contributed by atoms with Crippen LogP contribution in [-0.2, 0) is 42.1 Å². The van der Waals surface area contributed by atoms with Crippen molar-refractivity contribution in [3.8, 4) is 22.5 Å². The minimum atomic E-state index is -0.760. The molecule has 4 unspecified atom stereocenters. The third kappa shape index (κ3) is 13.0. The number of aliphatic hydroxyl groups excluding tert-OH is 4. The Bertz CT molecular complexity index is 1250. The van der Waals surface area contributed by atoms with Gasteiger partial charge in [0.1, 0.15) is 0 Å². The normalized spacial score (nSPS) is 14.4. The zero-order chi connectivity index (χ0) is 31.4. The second-order valence-electron chi connectivity index (χ2n) is 9.96. The Labute approximate surface area is 286 Å².